The van der Waals surface area contributed by atoms with Crippen molar-refractivity contribution in [1.29, 1.82) is 0 Å². The summed E-state index contributed by atoms with van der Waals surface area (Å²) in [5, 5.41) is 3.42. The summed E-state index contributed by atoms with van der Waals surface area (Å²) in [4.78, 5) is -0.644. The van der Waals surface area contributed by atoms with Crippen molar-refractivity contribution in [2.45, 2.75) is 42.8 Å². The number of sulfonamides is 1. The van der Waals surface area contributed by atoms with Crippen LogP contribution < -0.4 is 5.32 Å². The Kier molecular flexibility index (Phi) is 6.40. The number of benzene rings is 1. The summed E-state index contributed by atoms with van der Waals surface area (Å²) in [7, 11) is -4.13. The summed E-state index contributed by atoms with van der Waals surface area (Å²) in [5.74, 6) is 0.400. The molecule has 0 amide bonds. The summed E-state index contributed by atoms with van der Waals surface area (Å²) in [6.45, 7) is 1.54. The third-order valence-corrected chi connectivity index (χ3v) is 6.93. The lowest BCUT2D eigenvalue weighted by Gasteiger charge is -2.34. The van der Waals surface area contributed by atoms with Gasteiger partial charge in [-0.2, -0.15) is 17.5 Å². The highest BCUT2D eigenvalue weighted by atomic mass is 35.5. The van der Waals surface area contributed by atoms with E-state index in [1.165, 1.54) is 16.4 Å². The fourth-order valence-electron chi connectivity index (χ4n) is 3.70. The summed E-state index contributed by atoms with van der Waals surface area (Å²) >= 11 is 0. The zero-order valence-electron chi connectivity index (χ0n) is 13.6. The first-order chi connectivity index (χ1) is 11.3. The first kappa shape index (κ1) is 20.5. The van der Waals surface area contributed by atoms with E-state index in [2.05, 4.69) is 5.32 Å². The topological polar surface area (TPSA) is 49.4 Å². The molecule has 142 valence electrons. The van der Waals surface area contributed by atoms with Crippen LogP contribution >= 0.6 is 12.4 Å². The van der Waals surface area contributed by atoms with Gasteiger partial charge in [0.2, 0.25) is 10.0 Å². The molecule has 2 saturated heterocycles. The third kappa shape index (κ3) is 4.30. The molecule has 2 fully saturated rings. The van der Waals surface area contributed by atoms with Gasteiger partial charge in [-0.25, -0.2) is 8.42 Å². The smallest absolute Gasteiger partial charge is 0.314 e. The SMILES string of the molecule is Cl.O=S(=O)(c1ccccc1C(F)(F)F)N1CCC(C2CCCN2)CC1. The number of nitrogens with zero attached hydrogens (tertiary/aromatic N) is 1. The Balaban J connectivity index is 0.00000225. The van der Waals surface area contributed by atoms with Gasteiger partial charge in [0.15, 0.2) is 0 Å². The maximum absolute atomic E-state index is 13.1. The zero-order chi connectivity index (χ0) is 17.4. The monoisotopic (exact) mass is 398 g/mol. The van der Waals surface area contributed by atoms with E-state index >= 15 is 0 Å². The number of rotatable bonds is 3. The van der Waals surface area contributed by atoms with Crippen molar-refractivity contribution in [2.24, 2.45) is 5.92 Å². The van der Waals surface area contributed by atoms with Crippen molar-refractivity contribution in [3.8, 4) is 0 Å². The summed E-state index contributed by atoms with van der Waals surface area (Å²) in [5.41, 5.74) is -1.09. The highest BCUT2D eigenvalue weighted by molar-refractivity contribution is 7.89. The molecule has 0 aromatic heterocycles. The molecule has 1 aromatic carbocycles. The van der Waals surface area contributed by atoms with Gasteiger partial charge in [0, 0.05) is 19.1 Å². The van der Waals surface area contributed by atoms with E-state index < -0.39 is 26.7 Å². The van der Waals surface area contributed by atoms with E-state index in [-0.39, 0.29) is 25.5 Å². The average Bonchev–Trinajstić information content (AvgIpc) is 3.09. The lowest BCUT2D eigenvalue weighted by Crippen LogP contribution is -2.43. The third-order valence-electron chi connectivity index (χ3n) is 4.98. The lowest BCUT2D eigenvalue weighted by atomic mass is 9.89. The van der Waals surface area contributed by atoms with Gasteiger partial charge in [0.25, 0.3) is 0 Å². The number of hydrogen-bond acceptors (Lipinski definition) is 3. The molecule has 0 saturated carbocycles. The minimum Gasteiger partial charge on any atom is -0.314 e. The molecule has 1 N–H and O–H groups in total. The normalized spacial score (nSPS) is 23.4. The van der Waals surface area contributed by atoms with Gasteiger partial charge >= 0.3 is 6.18 Å². The van der Waals surface area contributed by atoms with Crippen LogP contribution in [0.3, 0.4) is 0 Å². The van der Waals surface area contributed by atoms with Crippen LogP contribution in [0.1, 0.15) is 31.2 Å². The fraction of sp³-hybridized carbons (Fsp3) is 0.625. The van der Waals surface area contributed by atoms with E-state index in [1.807, 2.05) is 0 Å². The molecule has 1 aromatic rings. The molecule has 2 heterocycles. The number of halogens is 4. The van der Waals surface area contributed by atoms with Crippen molar-refractivity contribution < 1.29 is 21.6 Å². The van der Waals surface area contributed by atoms with Gasteiger partial charge in [-0.1, -0.05) is 12.1 Å². The molecular weight excluding hydrogens is 377 g/mol. The van der Waals surface area contributed by atoms with Crippen LogP contribution in [0.2, 0.25) is 0 Å². The Morgan fingerprint density at radius 3 is 2.28 bits per heavy atom. The van der Waals surface area contributed by atoms with Gasteiger partial charge in [0.1, 0.15) is 0 Å². The lowest BCUT2D eigenvalue weighted by molar-refractivity contribution is -0.139. The highest BCUT2D eigenvalue weighted by Gasteiger charge is 2.40. The summed E-state index contributed by atoms with van der Waals surface area (Å²) < 4.78 is 65.9. The van der Waals surface area contributed by atoms with Crippen LogP contribution in [0.4, 0.5) is 13.2 Å². The zero-order valence-corrected chi connectivity index (χ0v) is 15.3. The second-order valence-corrected chi connectivity index (χ2v) is 8.34. The molecule has 1 unspecified atom stereocenters. The fourth-order valence-corrected chi connectivity index (χ4v) is 5.38. The van der Waals surface area contributed by atoms with E-state index in [0.29, 0.717) is 24.8 Å². The van der Waals surface area contributed by atoms with Crippen LogP contribution in [0.25, 0.3) is 0 Å². The number of nitrogens with one attached hydrogen (secondary N) is 1. The minimum absolute atomic E-state index is 0. The summed E-state index contributed by atoms with van der Waals surface area (Å²) in [6, 6.07) is 4.82. The number of alkyl halides is 3. The molecule has 1 atom stereocenters. The van der Waals surface area contributed by atoms with Gasteiger partial charge in [-0.05, 0) is 50.3 Å². The van der Waals surface area contributed by atoms with E-state index in [9.17, 15) is 21.6 Å². The molecule has 0 aliphatic carbocycles. The predicted octanol–water partition coefficient (Wildman–Crippen LogP) is 3.28. The highest BCUT2D eigenvalue weighted by Crippen LogP contribution is 2.36. The van der Waals surface area contributed by atoms with E-state index in [4.69, 9.17) is 0 Å². The molecule has 3 rings (SSSR count). The second kappa shape index (κ2) is 7.82. The largest absolute Gasteiger partial charge is 0.417 e. The van der Waals surface area contributed by atoms with Crippen LogP contribution in [0.5, 0.6) is 0 Å². The maximum atomic E-state index is 13.1. The quantitative estimate of drug-likeness (QED) is 0.850. The maximum Gasteiger partial charge on any atom is 0.417 e. The van der Waals surface area contributed by atoms with E-state index in [1.54, 1.807) is 0 Å². The summed E-state index contributed by atoms with van der Waals surface area (Å²) in [6.07, 6.45) is -1.09. The Morgan fingerprint density at radius 1 is 1.08 bits per heavy atom. The molecule has 25 heavy (non-hydrogen) atoms. The molecule has 9 heteroatoms. The average molecular weight is 399 g/mol. The van der Waals surface area contributed by atoms with Gasteiger partial charge in [0.05, 0.1) is 10.5 Å². The molecule has 4 nitrogen and oxygen atoms in total. The molecule has 2 aliphatic heterocycles. The van der Waals surface area contributed by atoms with Gasteiger partial charge in [-0.3, -0.25) is 0 Å². The van der Waals surface area contributed by atoms with Crippen LogP contribution in [-0.4, -0.2) is 38.4 Å². The van der Waals surface area contributed by atoms with Crippen molar-refractivity contribution in [3.63, 3.8) is 0 Å². The first-order valence-corrected chi connectivity index (χ1v) is 9.64. The number of hydrogen-bond donors (Lipinski definition) is 1. The van der Waals surface area contributed by atoms with Crippen molar-refractivity contribution in [2.75, 3.05) is 19.6 Å². The second-order valence-electron chi connectivity index (χ2n) is 6.44. The van der Waals surface area contributed by atoms with Crippen LogP contribution in [-0.2, 0) is 16.2 Å². The predicted molar refractivity (Wildman–Crippen MR) is 91.2 cm³/mol. The standard InChI is InChI=1S/C16H21F3N2O2S.ClH/c17-16(18,19)13-4-1-2-6-15(13)24(22,23)21-10-7-12(8-11-21)14-5-3-9-20-14;/h1-2,4,6,12,14,20H,3,5,7-11H2;1H. The number of piperidine rings is 1. The molecular formula is C16H22ClF3N2O2S. The molecule has 0 radical (unpaired) electrons. The van der Waals surface area contributed by atoms with E-state index in [0.717, 1.165) is 31.5 Å². The van der Waals surface area contributed by atoms with Gasteiger partial charge in [-0.15, -0.1) is 12.4 Å². The first-order valence-electron chi connectivity index (χ1n) is 8.20. The van der Waals surface area contributed by atoms with Crippen molar-refractivity contribution in [1.82, 2.24) is 9.62 Å². The van der Waals surface area contributed by atoms with Crippen molar-refractivity contribution in [3.05, 3.63) is 29.8 Å². The minimum atomic E-state index is -4.68. The molecule has 0 bridgehead atoms. The Bertz CT molecular complexity index is 683. The Labute approximate surface area is 152 Å². The Morgan fingerprint density at radius 2 is 1.72 bits per heavy atom. The molecule has 0 spiro atoms. The van der Waals surface area contributed by atoms with Crippen LogP contribution in [0, 0.1) is 5.92 Å². The van der Waals surface area contributed by atoms with Crippen LogP contribution in [0.15, 0.2) is 29.2 Å². The van der Waals surface area contributed by atoms with Gasteiger partial charge < -0.3 is 5.32 Å². The molecule has 2 aliphatic rings. The van der Waals surface area contributed by atoms with Crippen molar-refractivity contribution >= 4 is 22.4 Å². The Hall–Kier alpha value is -0.830.